The first-order chi connectivity index (χ1) is 16.6. The number of pyridine rings is 1. The lowest BCUT2D eigenvalue weighted by Gasteiger charge is -2.47. The summed E-state index contributed by atoms with van der Waals surface area (Å²) >= 11 is 1.34. The highest BCUT2D eigenvalue weighted by Crippen LogP contribution is 2.45. The molecule has 10 heteroatoms. The van der Waals surface area contributed by atoms with E-state index in [1.807, 2.05) is 25.1 Å². The Balaban J connectivity index is 1.38. The monoisotopic (exact) mass is 498 g/mol. The first-order valence-electron chi connectivity index (χ1n) is 11.5. The van der Waals surface area contributed by atoms with Crippen molar-refractivity contribution < 1.29 is 13.9 Å². The molecule has 2 bridgehead atoms. The summed E-state index contributed by atoms with van der Waals surface area (Å²) in [6.07, 6.45) is 4.74. The molecule has 4 atom stereocenters. The van der Waals surface area contributed by atoms with Gasteiger partial charge in [-0.1, -0.05) is 6.07 Å². The number of aromatic nitrogens is 4. The highest BCUT2D eigenvalue weighted by Gasteiger charge is 2.56. The Morgan fingerprint density at radius 3 is 2.63 bits per heavy atom. The van der Waals surface area contributed by atoms with Crippen LogP contribution in [0.3, 0.4) is 0 Å². The van der Waals surface area contributed by atoms with E-state index < -0.39 is 17.7 Å². The van der Waals surface area contributed by atoms with Crippen molar-refractivity contribution in [1.29, 1.82) is 0 Å². The lowest BCUT2D eigenvalue weighted by atomic mass is 9.82. The Morgan fingerprint density at radius 1 is 1.14 bits per heavy atom. The molecule has 0 unspecified atom stereocenters. The van der Waals surface area contributed by atoms with Crippen molar-refractivity contribution in [2.24, 2.45) is 0 Å². The maximum Gasteiger partial charge on any atom is 0.214 e. The molecule has 5 rings (SSSR count). The third-order valence-electron chi connectivity index (χ3n) is 7.35. The van der Waals surface area contributed by atoms with Crippen molar-refractivity contribution in [3.05, 3.63) is 42.5 Å². The van der Waals surface area contributed by atoms with Crippen LogP contribution in [0.4, 0.5) is 14.6 Å². The van der Waals surface area contributed by atoms with Crippen LogP contribution >= 0.6 is 11.8 Å². The van der Waals surface area contributed by atoms with Gasteiger partial charge in [0.05, 0.1) is 22.8 Å². The average Bonchev–Trinajstić information content (AvgIpc) is 3.12. The largest absolute Gasteiger partial charge is 0.507 e. The molecule has 184 valence electrons. The number of anilines is 1. The number of thioether (sulfide) groups is 1. The van der Waals surface area contributed by atoms with E-state index in [0.717, 1.165) is 12.8 Å². The number of phenols is 1. The third-order valence-corrected chi connectivity index (χ3v) is 7.98. The summed E-state index contributed by atoms with van der Waals surface area (Å²) in [7, 11) is 1.82. The number of rotatable bonds is 5. The van der Waals surface area contributed by atoms with Crippen LogP contribution in [0.5, 0.6) is 5.75 Å². The molecule has 0 amide bonds. The summed E-state index contributed by atoms with van der Waals surface area (Å²) in [6.45, 7) is 4.09. The summed E-state index contributed by atoms with van der Waals surface area (Å²) in [5.74, 6) is 0.0942. The average molecular weight is 499 g/mol. The van der Waals surface area contributed by atoms with E-state index in [1.165, 1.54) is 23.9 Å². The SMILES string of the molecule is CSc1cc(-c2ccc(-c3ncc(N(C)[C@H]4C[C@]5(C)CC[C@@](C)(N5)[C@H]4F)nn3)c(O)c2)cc(F)n1. The number of phenolic OH excluding ortho intramolecular Hbond substituents is 1. The maximum absolute atomic E-state index is 15.4. The Labute approximate surface area is 207 Å². The minimum Gasteiger partial charge on any atom is -0.507 e. The predicted molar refractivity (Wildman–Crippen MR) is 133 cm³/mol. The normalized spacial score (nSPS) is 27.7. The molecule has 0 aliphatic carbocycles. The maximum atomic E-state index is 15.4. The third kappa shape index (κ3) is 4.33. The van der Waals surface area contributed by atoms with Crippen LogP contribution in [-0.4, -0.2) is 61.9 Å². The molecule has 2 N–H and O–H groups in total. The molecule has 4 heterocycles. The topological polar surface area (TPSA) is 87.1 Å². The molecule has 2 fully saturated rings. The molecule has 1 aromatic carbocycles. The van der Waals surface area contributed by atoms with Crippen LogP contribution in [0.1, 0.15) is 33.1 Å². The molecule has 0 saturated carbocycles. The molecule has 2 aromatic heterocycles. The van der Waals surface area contributed by atoms with Crippen molar-refractivity contribution in [2.45, 2.75) is 61.4 Å². The molecule has 3 aromatic rings. The van der Waals surface area contributed by atoms with Crippen LogP contribution in [-0.2, 0) is 0 Å². The van der Waals surface area contributed by atoms with Crippen molar-refractivity contribution in [2.75, 3.05) is 18.2 Å². The van der Waals surface area contributed by atoms with E-state index in [9.17, 15) is 9.50 Å². The van der Waals surface area contributed by atoms with Gasteiger partial charge in [-0.2, -0.15) is 4.39 Å². The van der Waals surface area contributed by atoms with Gasteiger partial charge in [-0.3, -0.25) is 0 Å². The standard InChI is InChI=1S/C25H28F2N6OS/c1-24-7-8-25(2,32-24)22(27)17(12-24)33(3)20-13-28-23(31-30-20)16-6-5-14(9-18(16)34)15-10-19(26)29-21(11-15)35-4/h5-6,9-11,13,17,22,32,34H,7-8,12H2,1-4H3/t17-,22-,24-,25+/m0/s1. The molecule has 0 radical (unpaired) electrons. The van der Waals surface area contributed by atoms with Crippen molar-refractivity contribution in [1.82, 2.24) is 25.5 Å². The van der Waals surface area contributed by atoms with Crippen LogP contribution in [0.2, 0.25) is 0 Å². The zero-order chi connectivity index (χ0) is 25.0. The van der Waals surface area contributed by atoms with Gasteiger partial charge in [-0.15, -0.1) is 22.0 Å². The van der Waals surface area contributed by atoms with Gasteiger partial charge in [-0.25, -0.2) is 14.4 Å². The van der Waals surface area contributed by atoms with E-state index in [0.29, 0.717) is 34.0 Å². The molecule has 2 saturated heterocycles. The number of nitrogens with zero attached hydrogens (tertiary/aromatic N) is 5. The van der Waals surface area contributed by atoms with Gasteiger partial charge in [0.15, 0.2) is 11.6 Å². The lowest BCUT2D eigenvalue weighted by Crippen LogP contribution is -2.65. The summed E-state index contributed by atoms with van der Waals surface area (Å²) in [5.41, 5.74) is 1.01. The fraction of sp³-hybridized carbons (Fsp3) is 0.440. The number of fused-ring (bicyclic) bond motifs is 2. The van der Waals surface area contributed by atoms with Gasteiger partial charge in [-0.05, 0) is 68.7 Å². The van der Waals surface area contributed by atoms with E-state index in [-0.39, 0.29) is 23.2 Å². The zero-order valence-corrected chi connectivity index (χ0v) is 20.9. The van der Waals surface area contributed by atoms with Gasteiger partial charge < -0.3 is 15.3 Å². The highest BCUT2D eigenvalue weighted by molar-refractivity contribution is 7.98. The van der Waals surface area contributed by atoms with E-state index in [1.54, 1.807) is 24.4 Å². The minimum atomic E-state index is -1.05. The summed E-state index contributed by atoms with van der Waals surface area (Å²) in [6, 6.07) is 7.72. The Kier molecular flexibility index (Phi) is 5.91. The molecular formula is C25H28F2N6OS. The Hall–Kier alpha value is -2.85. The number of hydrogen-bond donors (Lipinski definition) is 2. The zero-order valence-electron chi connectivity index (χ0n) is 20.1. The van der Waals surface area contributed by atoms with Gasteiger partial charge in [0, 0.05) is 24.2 Å². The summed E-state index contributed by atoms with van der Waals surface area (Å²) in [5, 5.41) is 23.2. The second-order valence-electron chi connectivity index (χ2n) is 9.98. The molecule has 7 nitrogen and oxygen atoms in total. The summed E-state index contributed by atoms with van der Waals surface area (Å²) < 4.78 is 29.3. The number of benzene rings is 1. The van der Waals surface area contributed by atoms with Crippen LogP contribution < -0.4 is 10.2 Å². The van der Waals surface area contributed by atoms with Crippen molar-refractivity contribution in [3.8, 4) is 28.3 Å². The van der Waals surface area contributed by atoms with Gasteiger partial charge in [0.2, 0.25) is 5.95 Å². The van der Waals surface area contributed by atoms with Crippen LogP contribution in [0.25, 0.3) is 22.5 Å². The fourth-order valence-corrected chi connectivity index (χ4v) is 5.82. The first-order valence-corrected chi connectivity index (χ1v) is 12.7. The number of piperidine rings is 1. The van der Waals surface area contributed by atoms with Crippen LogP contribution in [0, 0.1) is 5.95 Å². The fourth-order valence-electron chi connectivity index (χ4n) is 5.40. The van der Waals surface area contributed by atoms with E-state index >= 15 is 4.39 Å². The van der Waals surface area contributed by atoms with Gasteiger partial charge >= 0.3 is 0 Å². The van der Waals surface area contributed by atoms with E-state index in [2.05, 4.69) is 32.4 Å². The van der Waals surface area contributed by atoms with Crippen molar-refractivity contribution >= 4 is 17.6 Å². The van der Waals surface area contributed by atoms with Crippen LogP contribution in [0.15, 0.2) is 41.6 Å². The Morgan fingerprint density at radius 2 is 1.94 bits per heavy atom. The number of halogens is 2. The molecule has 2 aliphatic heterocycles. The number of aromatic hydroxyl groups is 1. The predicted octanol–water partition coefficient (Wildman–Crippen LogP) is 4.61. The molecule has 35 heavy (non-hydrogen) atoms. The Bertz CT molecular complexity index is 1260. The van der Waals surface area contributed by atoms with E-state index in [4.69, 9.17) is 0 Å². The number of alkyl halides is 1. The highest BCUT2D eigenvalue weighted by atomic mass is 32.2. The number of hydrogen-bond acceptors (Lipinski definition) is 8. The lowest BCUT2D eigenvalue weighted by molar-refractivity contribution is 0.0859. The van der Waals surface area contributed by atoms with Crippen molar-refractivity contribution in [3.63, 3.8) is 0 Å². The second kappa shape index (κ2) is 8.67. The first kappa shape index (κ1) is 23.9. The molecular weight excluding hydrogens is 470 g/mol. The second-order valence-corrected chi connectivity index (χ2v) is 10.8. The quantitative estimate of drug-likeness (QED) is 0.390. The van der Waals surface area contributed by atoms with Gasteiger partial charge in [0.1, 0.15) is 11.9 Å². The minimum absolute atomic E-state index is 0.0482. The molecule has 2 aliphatic rings. The summed E-state index contributed by atoms with van der Waals surface area (Å²) in [4.78, 5) is 10.0. The molecule has 0 spiro atoms. The van der Waals surface area contributed by atoms with Gasteiger partial charge in [0.25, 0.3) is 0 Å². The smallest absolute Gasteiger partial charge is 0.214 e. The number of nitrogens with one attached hydrogen (secondary N) is 1.